The van der Waals surface area contributed by atoms with Gasteiger partial charge in [0.15, 0.2) is 0 Å². The molecule has 0 aliphatic carbocycles. The molecule has 4 rings (SSSR count). The van der Waals surface area contributed by atoms with Gasteiger partial charge in [-0.3, -0.25) is 25.5 Å². The Morgan fingerprint density at radius 3 is 2.85 bits per heavy atom. The average molecular weight is 355 g/mol. The fraction of sp³-hybridized carbons (Fsp3) is 0.412. The maximum Gasteiger partial charge on any atom is 0.250 e. The molecule has 0 radical (unpaired) electrons. The van der Waals surface area contributed by atoms with Gasteiger partial charge < -0.3 is 10.1 Å². The number of nitrogens with one attached hydrogen (secondary N) is 3. The Morgan fingerprint density at radius 1 is 1.27 bits per heavy atom. The second-order valence-electron chi connectivity index (χ2n) is 6.29. The van der Waals surface area contributed by atoms with E-state index in [2.05, 4.69) is 31.1 Å². The molecule has 1 amide bonds. The maximum absolute atomic E-state index is 12.8. The lowest BCUT2D eigenvalue weighted by molar-refractivity contribution is -0.117. The molecule has 2 fully saturated rings. The van der Waals surface area contributed by atoms with E-state index in [9.17, 15) is 4.79 Å². The van der Waals surface area contributed by atoms with Crippen LogP contribution in [-0.4, -0.2) is 53.6 Å². The molecule has 2 aliphatic heterocycles. The Labute approximate surface area is 151 Å². The van der Waals surface area contributed by atoms with Crippen molar-refractivity contribution in [2.24, 2.45) is 0 Å². The summed E-state index contributed by atoms with van der Waals surface area (Å²) < 4.78 is 5.48. The monoisotopic (exact) mass is 355 g/mol. The highest BCUT2D eigenvalue weighted by Crippen LogP contribution is 2.30. The SMILES string of the molecule is COc1nc(N2CCC(Nc3cnccn3)C2=O)ccc1C1CNNC1. The first-order chi connectivity index (χ1) is 12.8. The zero-order valence-electron chi connectivity index (χ0n) is 14.5. The number of nitrogens with zero attached hydrogens (tertiary/aromatic N) is 4. The molecule has 0 saturated carbocycles. The van der Waals surface area contributed by atoms with Crippen molar-refractivity contribution in [3.63, 3.8) is 0 Å². The third-order valence-electron chi connectivity index (χ3n) is 4.70. The van der Waals surface area contributed by atoms with E-state index in [1.54, 1.807) is 30.6 Å². The standard InChI is InChI=1S/C17H21N7O2/c1-26-16-12(11-8-20-21-9-11)2-3-15(23-16)24-7-4-13(17(24)25)22-14-10-18-5-6-19-14/h2-3,5-6,10-11,13,20-21H,4,7-9H2,1H3,(H,19,22). The summed E-state index contributed by atoms with van der Waals surface area (Å²) >= 11 is 0. The Hall–Kier alpha value is -2.78. The lowest BCUT2D eigenvalue weighted by atomic mass is 10.0. The van der Waals surface area contributed by atoms with Gasteiger partial charge in [-0.2, -0.15) is 4.98 Å². The van der Waals surface area contributed by atoms with Gasteiger partial charge in [-0.25, -0.2) is 4.98 Å². The van der Waals surface area contributed by atoms with E-state index in [0.29, 0.717) is 36.4 Å². The van der Waals surface area contributed by atoms with Crippen molar-refractivity contribution in [1.29, 1.82) is 0 Å². The minimum Gasteiger partial charge on any atom is -0.481 e. The highest BCUT2D eigenvalue weighted by molar-refractivity contribution is 6.00. The van der Waals surface area contributed by atoms with Crippen molar-refractivity contribution in [3.8, 4) is 5.88 Å². The van der Waals surface area contributed by atoms with Gasteiger partial charge in [0.1, 0.15) is 17.7 Å². The Morgan fingerprint density at radius 2 is 2.12 bits per heavy atom. The molecule has 9 nitrogen and oxygen atoms in total. The fourth-order valence-corrected chi connectivity index (χ4v) is 3.34. The van der Waals surface area contributed by atoms with Crippen LogP contribution in [0.3, 0.4) is 0 Å². The molecule has 2 aromatic heterocycles. The molecule has 2 saturated heterocycles. The minimum absolute atomic E-state index is 0.0258. The average Bonchev–Trinajstić information content (AvgIpc) is 3.33. The molecule has 1 unspecified atom stereocenters. The van der Waals surface area contributed by atoms with Crippen LogP contribution in [0.1, 0.15) is 17.9 Å². The molecule has 0 aromatic carbocycles. The van der Waals surface area contributed by atoms with Crippen molar-refractivity contribution in [2.75, 3.05) is 37.0 Å². The number of aromatic nitrogens is 3. The third-order valence-corrected chi connectivity index (χ3v) is 4.70. The smallest absolute Gasteiger partial charge is 0.250 e. The second kappa shape index (κ2) is 7.22. The summed E-state index contributed by atoms with van der Waals surface area (Å²) in [5.74, 6) is 2.04. The zero-order chi connectivity index (χ0) is 17.9. The van der Waals surface area contributed by atoms with Gasteiger partial charge in [0, 0.05) is 43.5 Å². The van der Waals surface area contributed by atoms with Gasteiger partial charge in [-0.1, -0.05) is 0 Å². The predicted molar refractivity (Wildman–Crippen MR) is 95.9 cm³/mol. The first kappa shape index (κ1) is 16.7. The number of hydrogen-bond acceptors (Lipinski definition) is 8. The van der Waals surface area contributed by atoms with Crippen LogP contribution in [0.25, 0.3) is 0 Å². The van der Waals surface area contributed by atoms with Crippen molar-refractivity contribution >= 4 is 17.5 Å². The van der Waals surface area contributed by atoms with Crippen LogP contribution in [-0.2, 0) is 4.79 Å². The molecular weight excluding hydrogens is 334 g/mol. The van der Waals surface area contributed by atoms with Crippen LogP contribution in [0.15, 0.2) is 30.7 Å². The zero-order valence-corrected chi connectivity index (χ0v) is 14.5. The molecule has 26 heavy (non-hydrogen) atoms. The number of carbonyl (C=O) groups excluding carboxylic acids is 1. The number of rotatable bonds is 5. The second-order valence-corrected chi connectivity index (χ2v) is 6.29. The molecule has 4 heterocycles. The Bertz CT molecular complexity index is 780. The summed E-state index contributed by atoms with van der Waals surface area (Å²) in [7, 11) is 1.61. The van der Waals surface area contributed by atoms with Gasteiger partial charge >= 0.3 is 0 Å². The summed E-state index contributed by atoms with van der Waals surface area (Å²) in [4.78, 5) is 27.2. The van der Waals surface area contributed by atoms with E-state index in [1.165, 1.54) is 0 Å². The van der Waals surface area contributed by atoms with E-state index < -0.39 is 0 Å². The van der Waals surface area contributed by atoms with Crippen molar-refractivity contribution < 1.29 is 9.53 Å². The van der Waals surface area contributed by atoms with E-state index >= 15 is 0 Å². The van der Waals surface area contributed by atoms with Gasteiger partial charge in [0.25, 0.3) is 5.91 Å². The van der Waals surface area contributed by atoms with E-state index in [0.717, 1.165) is 18.7 Å². The van der Waals surface area contributed by atoms with Gasteiger partial charge in [-0.15, -0.1) is 0 Å². The lowest BCUT2D eigenvalue weighted by Gasteiger charge is -2.19. The molecule has 1 atom stereocenters. The number of hydrogen-bond donors (Lipinski definition) is 3. The third kappa shape index (κ3) is 3.18. The normalized spacial score (nSPS) is 20.6. The van der Waals surface area contributed by atoms with E-state index in [1.807, 2.05) is 12.1 Å². The van der Waals surface area contributed by atoms with Crippen molar-refractivity contribution in [1.82, 2.24) is 25.8 Å². The summed E-state index contributed by atoms with van der Waals surface area (Å²) in [6.45, 7) is 2.24. The first-order valence-electron chi connectivity index (χ1n) is 8.61. The summed E-state index contributed by atoms with van der Waals surface area (Å²) in [5, 5.41) is 3.13. The molecule has 3 N–H and O–H groups in total. The number of anilines is 2. The molecule has 0 bridgehead atoms. The predicted octanol–water partition coefficient (Wildman–Crippen LogP) is 0.289. The quantitative estimate of drug-likeness (QED) is 0.703. The highest BCUT2D eigenvalue weighted by atomic mass is 16.5. The van der Waals surface area contributed by atoms with Crippen LogP contribution in [0.5, 0.6) is 5.88 Å². The first-order valence-corrected chi connectivity index (χ1v) is 8.61. The summed E-state index contributed by atoms with van der Waals surface area (Å²) in [6.07, 6.45) is 5.48. The van der Waals surface area contributed by atoms with Crippen LogP contribution >= 0.6 is 0 Å². The summed E-state index contributed by atoms with van der Waals surface area (Å²) in [6, 6.07) is 3.55. The maximum atomic E-state index is 12.8. The highest BCUT2D eigenvalue weighted by Gasteiger charge is 2.34. The van der Waals surface area contributed by atoms with E-state index in [4.69, 9.17) is 4.74 Å². The van der Waals surface area contributed by atoms with Crippen LogP contribution < -0.4 is 25.8 Å². The fourth-order valence-electron chi connectivity index (χ4n) is 3.34. The van der Waals surface area contributed by atoms with Crippen molar-refractivity contribution in [3.05, 3.63) is 36.3 Å². The number of methoxy groups -OCH3 is 1. The van der Waals surface area contributed by atoms with Gasteiger partial charge in [-0.05, 0) is 18.6 Å². The number of amides is 1. The Balaban J connectivity index is 1.51. The summed E-state index contributed by atoms with van der Waals surface area (Å²) in [5.41, 5.74) is 7.26. The lowest BCUT2D eigenvalue weighted by Crippen LogP contribution is -2.34. The number of ether oxygens (including phenoxy) is 1. The largest absolute Gasteiger partial charge is 0.481 e. The molecule has 2 aliphatic rings. The molecular formula is C17H21N7O2. The minimum atomic E-state index is -0.331. The number of pyridine rings is 1. The van der Waals surface area contributed by atoms with E-state index in [-0.39, 0.29) is 11.9 Å². The molecule has 2 aromatic rings. The number of hydrazine groups is 1. The van der Waals surface area contributed by atoms with Gasteiger partial charge in [0.2, 0.25) is 5.88 Å². The topological polar surface area (TPSA) is 104 Å². The van der Waals surface area contributed by atoms with Gasteiger partial charge in [0.05, 0.1) is 13.3 Å². The van der Waals surface area contributed by atoms with Crippen molar-refractivity contribution in [2.45, 2.75) is 18.4 Å². The molecule has 136 valence electrons. The van der Waals surface area contributed by atoms with Crippen LogP contribution in [0.4, 0.5) is 11.6 Å². The molecule has 9 heteroatoms. The molecule has 0 spiro atoms. The van der Waals surface area contributed by atoms with Crippen LogP contribution in [0, 0.1) is 0 Å². The van der Waals surface area contributed by atoms with Crippen LogP contribution in [0.2, 0.25) is 0 Å². The Kier molecular flexibility index (Phi) is 4.63. The number of carbonyl (C=O) groups is 1.